The second-order valence-corrected chi connectivity index (χ2v) is 7.66. The number of nitrogens with zero attached hydrogens (tertiary/aromatic N) is 3. The van der Waals surface area contributed by atoms with Gasteiger partial charge in [0.25, 0.3) is 0 Å². The minimum absolute atomic E-state index is 0.421. The average molecular weight is 408 g/mol. The third-order valence-corrected chi connectivity index (χ3v) is 5.77. The Morgan fingerprint density at radius 1 is 1.03 bits per heavy atom. The normalized spacial score (nSPS) is 17.2. The number of oxazole rings is 1. The Morgan fingerprint density at radius 2 is 1.83 bits per heavy atom. The van der Waals surface area contributed by atoms with E-state index >= 15 is 0 Å². The number of ether oxygens (including phenoxy) is 2. The predicted molar refractivity (Wildman–Crippen MR) is 118 cm³/mol. The van der Waals surface area contributed by atoms with Gasteiger partial charge in [-0.05, 0) is 38.1 Å². The Bertz CT molecular complexity index is 987. The van der Waals surface area contributed by atoms with Crippen LogP contribution in [0.4, 0.5) is 5.69 Å². The fourth-order valence-electron chi connectivity index (χ4n) is 4.04. The molecule has 1 atom stereocenters. The fraction of sp³-hybridized carbons (Fsp3) is 0.375. The lowest BCUT2D eigenvalue weighted by Crippen LogP contribution is -2.51. The van der Waals surface area contributed by atoms with Crippen LogP contribution in [-0.2, 0) is 6.54 Å². The summed E-state index contributed by atoms with van der Waals surface area (Å²) < 4.78 is 17.0. The van der Waals surface area contributed by atoms with E-state index in [-0.39, 0.29) is 0 Å². The Balaban J connectivity index is 1.50. The van der Waals surface area contributed by atoms with Crippen molar-refractivity contribution in [1.82, 2.24) is 9.88 Å². The molecule has 2 aromatic carbocycles. The first-order valence-corrected chi connectivity index (χ1v) is 10.3. The molecule has 0 saturated carbocycles. The second-order valence-electron chi connectivity index (χ2n) is 7.66. The molecular weight excluding hydrogens is 378 g/mol. The summed E-state index contributed by atoms with van der Waals surface area (Å²) in [6.45, 7) is 8.00. The van der Waals surface area contributed by atoms with Gasteiger partial charge >= 0.3 is 0 Å². The number of hydrogen-bond donors (Lipinski definition) is 0. The van der Waals surface area contributed by atoms with Crippen LogP contribution in [0.1, 0.15) is 18.4 Å². The Kier molecular flexibility index (Phi) is 5.95. The van der Waals surface area contributed by atoms with E-state index in [2.05, 4.69) is 47.1 Å². The number of rotatable bonds is 6. The highest BCUT2D eigenvalue weighted by atomic mass is 16.5. The van der Waals surface area contributed by atoms with Gasteiger partial charge in [0.15, 0.2) is 11.5 Å². The standard InChI is InChI=1S/C24H29N3O3/c1-17-15-27(19-9-6-5-7-10-19)14-13-26(17)16-21-18(2)30-24(25-21)20-11-8-12-22(28-3)23(20)29-4/h5-12,17H,13-16H2,1-4H3. The topological polar surface area (TPSA) is 51.0 Å². The highest BCUT2D eigenvalue weighted by molar-refractivity contribution is 5.68. The van der Waals surface area contributed by atoms with Crippen molar-refractivity contribution in [2.45, 2.75) is 26.4 Å². The molecule has 6 nitrogen and oxygen atoms in total. The maximum absolute atomic E-state index is 6.03. The number of methoxy groups -OCH3 is 2. The molecule has 158 valence electrons. The minimum atomic E-state index is 0.421. The monoisotopic (exact) mass is 407 g/mol. The van der Waals surface area contributed by atoms with Gasteiger partial charge in [0, 0.05) is 37.9 Å². The summed E-state index contributed by atoms with van der Waals surface area (Å²) in [5, 5.41) is 0. The third kappa shape index (κ3) is 4.00. The number of hydrogen-bond acceptors (Lipinski definition) is 6. The SMILES string of the molecule is COc1cccc(-c2nc(CN3CCN(c4ccccc4)CC3C)c(C)o2)c1OC. The lowest BCUT2D eigenvalue weighted by Gasteiger charge is -2.40. The van der Waals surface area contributed by atoms with Gasteiger partial charge in [-0.2, -0.15) is 0 Å². The number of para-hydroxylation sites is 2. The van der Waals surface area contributed by atoms with Crippen LogP contribution < -0.4 is 14.4 Å². The van der Waals surface area contributed by atoms with Crippen LogP contribution in [0.25, 0.3) is 11.5 Å². The van der Waals surface area contributed by atoms with Gasteiger partial charge in [0.1, 0.15) is 5.76 Å². The summed E-state index contributed by atoms with van der Waals surface area (Å²) in [6, 6.07) is 16.8. The molecule has 0 bridgehead atoms. The third-order valence-electron chi connectivity index (χ3n) is 5.77. The summed E-state index contributed by atoms with van der Waals surface area (Å²) in [7, 11) is 3.26. The Morgan fingerprint density at radius 3 is 2.53 bits per heavy atom. The Labute approximate surface area is 178 Å². The van der Waals surface area contributed by atoms with E-state index in [0.29, 0.717) is 23.4 Å². The molecule has 1 fully saturated rings. The summed E-state index contributed by atoms with van der Waals surface area (Å²) >= 11 is 0. The summed E-state index contributed by atoms with van der Waals surface area (Å²) in [6.07, 6.45) is 0. The maximum Gasteiger partial charge on any atom is 0.230 e. The van der Waals surface area contributed by atoms with E-state index in [1.807, 2.05) is 25.1 Å². The van der Waals surface area contributed by atoms with Crippen molar-refractivity contribution >= 4 is 5.69 Å². The molecule has 0 radical (unpaired) electrons. The molecule has 6 heteroatoms. The molecule has 0 amide bonds. The number of benzene rings is 2. The molecular formula is C24H29N3O3. The molecule has 2 heterocycles. The van der Waals surface area contributed by atoms with Crippen molar-refractivity contribution in [1.29, 1.82) is 0 Å². The van der Waals surface area contributed by atoms with Crippen LogP contribution in [0.5, 0.6) is 11.5 Å². The van der Waals surface area contributed by atoms with E-state index in [9.17, 15) is 0 Å². The summed E-state index contributed by atoms with van der Waals surface area (Å²) in [5.74, 6) is 2.71. The number of piperazine rings is 1. The first kappa shape index (κ1) is 20.3. The number of aryl methyl sites for hydroxylation is 1. The van der Waals surface area contributed by atoms with Gasteiger partial charge in [-0.15, -0.1) is 0 Å². The largest absolute Gasteiger partial charge is 0.493 e. The zero-order valence-electron chi connectivity index (χ0n) is 18.1. The van der Waals surface area contributed by atoms with Gasteiger partial charge < -0.3 is 18.8 Å². The molecule has 1 aliphatic rings. The Hall–Kier alpha value is -2.99. The van der Waals surface area contributed by atoms with E-state index < -0.39 is 0 Å². The fourth-order valence-corrected chi connectivity index (χ4v) is 4.04. The average Bonchev–Trinajstić information content (AvgIpc) is 3.15. The van der Waals surface area contributed by atoms with Gasteiger partial charge in [0.2, 0.25) is 5.89 Å². The van der Waals surface area contributed by atoms with Gasteiger partial charge in [-0.25, -0.2) is 4.98 Å². The van der Waals surface area contributed by atoms with E-state index in [0.717, 1.165) is 43.2 Å². The minimum Gasteiger partial charge on any atom is -0.493 e. The smallest absolute Gasteiger partial charge is 0.230 e. The van der Waals surface area contributed by atoms with Crippen molar-refractivity contribution in [2.75, 3.05) is 38.8 Å². The van der Waals surface area contributed by atoms with Crippen molar-refractivity contribution in [3.8, 4) is 23.0 Å². The van der Waals surface area contributed by atoms with Crippen LogP contribution >= 0.6 is 0 Å². The number of anilines is 1. The molecule has 0 aliphatic carbocycles. The molecule has 1 unspecified atom stereocenters. The first-order valence-electron chi connectivity index (χ1n) is 10.3. The van der Waals surface area contributed by atoms with Gasteiger partial charge in [0.05, 0.1) is 25.5 Å². The molecule has 30 heavy (non-hydrogen) atoms. The van der Waals surface area contributed by atoms with Crippen LogP contribution in [0.2, 0.25) is 0 Å². The number of aromatic nitrogens is 1. The zero-order valence-corrected chi connectivity index (χ0v) is 18.1. The van der Waals surface area contributed by atoms with Crippen molar-refractivity contribution in [3.63, 3.8) is 0 Å². The van der Waals surface area contributed by atoms with Crippen LogP contribution in [0.3, 0.4) is 0 Å². The van der Waals surface area contributed by atoms with Crippen molar-refractivity contribution < 1.29 is 13.9 Å². The van der Waals surface area contributed by atoms with Gasteiger partial charge in [-0.3, -0.25) is 4.90 Å². The predicted octanol–water partition coefficient (Wildman–Crippen LogP) is 4.38. The highest BCUT2D eigenvalue weighted by Gasteiger charge is 2.26. The van der Waals surface area contributed by atoms with Gasteiger partial charge in [-0.1, -0.05) is 24.3 Å². The molecule has 3 aromatic rings. The zero-order chi connectivity index (χ0) is 21.1. The first-order chi connectivity index (χ1) is 14.6. The second kappa shape index (κ2) is 8.79. The summed E-state index contributed by atoms with van der Waals surface area (Å²) in [5.41, 5.74) is 3.05. The molecule has 0 N–H and O–H groups in total. The van der Waals surface area contributed by atoms with Crippen LogP contribution in [0, 0.1) is 6.92 Å². The lowest BCUT2D eigenvalue weighted by atomic mass is 10.1. The summed E-state index contributed by atoms with van der Waals surface area (Å²) in [4.78, 5) is 9.73. The van der Waals surface area contributed by atoms with Crippen molar-refractivity contribution in [3.05, 3.63) is 60.0 Å². The molecule has 1 aromatic heterocycles. The lowest BCUT2D eigenvalue weighted by molar-refractivity contribution is 0.178. The quantitative estimate of drug-likeness (QED) is 0.605. The van der Waals surface area contributed by atoms with E-state index in [1.54, 1.807) is 14.2 Å². The van der Waals surface area contributed by atoms with Crippen LogP contribution in [0.15, 0.2) is 52.9 Å². The van der Waals surface area contributed by atoms with E-state index in [1.165, 1.54) is 5.69 Å². The van der Waals surface area contributed by atoms with Crippen molar-refractivity contribution in [2.24, 2.45) is 0 Å². The van der Waals surface area contributed by atoms with Crippen LogP contribution in [-0.4, -0.2) is 49.8 Å². The molecule has 0 spiro atoms. The maximum atomic E-state index is 6.03. The molecule has 1 aliphatic heterocycles. The molecule has 1 saturated heterocycles. The van der Waals surface area contributed by atoms with E-state index in [4.69, 9.17) is 18.9 Å². The molecule has 4 rings (SSSR count). The highest BCUT2D eigenvalue weighted by Crippen LogP contribution is 2.38.